The van der Waals surface area contributed by atoms with E-state index in [-0.39, 0.29) is 5.54 Å². The van der Waals surface area contributed by atoms with Crippen molar-refractivity contribution in [2.45, 2.75) is 44.1 Å². The highest BCUT2D eigenvalue weighted by Gasteiger charge is 2.44. The van der Waals surface area contributed by atoms with Crippen LogP contribution in [0.3, 0.4) is 0 Å². The fourth-order valence-corrected chi connectivity index (χ4v) is 3.92. The van der Waals surface area contributed by atoms with Crippen LogP contribution in [0.2, 0.25) is 0 Å². The van der Waals surface area contributed by atoms with Gasteiger partial charge in [0.05, 0.1) is 5.54 Å². The highest BCUT2D eigenvalue weighted by molar-refractivity contribution is 5.80. The summed E-state index contributed by atoms with van der Waals surface area (Å²) in [5.41, 5.74) is 0.114. The van der Waals surface area contributed by atoms with E-state index < -0.39 is 0 Å². The minimum absolute atomic E-state index is 0.114. The molecule has 2 N–H and O–H groups in total. The molecule has 3 aliphatic rings. The number of hydrogen-bond acceptors (Lipinski definition) is 3. The van der Waals surface area contributed by atoms with Gasteiger partial charge in [0.1, 0.15) is 0 Å². The van der Waals surface area contributed by atoms with Crippen LogP contribution in [0.15, 0.2) is 0 Å². The summed E-state index contributed by atoms with van der Waals surface area (Å²) in [7, 11) is 0. The number of carbonyl (C=O) groups excluding carboxylic acids is 1. The Hall–Kier alpha value is -0.610. The predicted octanol–water partition coefficient (Wildman–Crippen LogP) is 0.731. The first-order valence-corrected chi connectivity index (χ1v) is 7.55. The molecule has 0 radical (unpaired) electrons. The standard InChI is InChI=1S/C14H25N3O/c18-13(12-3-1-2-4-12)17-10-9-16-11-14(17)5-7-15-8-6-14/h12,15-16H,1-11H2. The summed E-state index contributed by atoms with van der Waals surface area (Å²) in [4.78, 5) is 15.0. The summed E-state index contributed by atoms with van der Waals surface area (Å²) in [6, 6.07) is 0. The summed E-state index contributed by atoms with van der Waals surface area (Å²) in [6.45, 7) is 4.97. The Morgan fingerprint density at radius 3 is 2.50 bits per heavy atom. The van der Waals surface area contributed by atoms with Gasteiger partial charge in [-0.15, -0.1) is 0 Å². The number of hydrogen-bond donors (Lipinski definition) is 2. The number of piperidine rings is 1. The second-order valence-corrected chi connectivity index (χ2v) is 6.12. The van der Waals surface area contributed by atoms with Gasteiger partial charge in [-0.3, -0.25) is 4.79 Å². The van der Waals surface area contributed by atoms with Gasteiger partial charge in [-0.25, -0.2) is 0 Å². The van der Waals surface area contributed by atoms with Gasteiger partial charge in [-0.2, -0.15) is 0 Å². The summed E-state index contributed by atoms with van der Waals surface area (Å²) in [6.07, 6.45) is 6.96. The Labute approximate surface area is 109 Å². The quantitative estimate of drug-likeness (QED) is 0.722. The molecule has 0 bridgehead atoms. The van der Waals surface area contributed by atoms with Crippen LogP contribution in [-0.4, -0.2) is 49.1 Å². The minimum Gasteiger partial charge on any atom is -0.334 e. The first-order chi connectivity index (χ1) is 8.82. The lowest BCUT2D eigenvalue weighted by Crippen LogP contribution is -2.66. The first kappa shape index (κ1) is 12.4. The van der Waals surface area contributed by atoms with Crippen LogP contribution in [0.5, 0.6) is 0 Å². The van der Waals surface area contributed by atoms with Crippen LogP contribution in [-0.2, 0) is 4.79 Å². The summed E-state index contributed by atoms with van der Waals surface area (Å²) < 4.78 is 0. The predicted molar refractivity (Wildman–Crippen MR) is 71.4 cm³/mol. The maximum Gasteiger partial charge on any atom is 0.226 e. The second-order valence-electron chi connectivity index (χ2n) is 6.12. The Morgan fingerprint density at radius 2 is 1.78 bits per heavy atom. The molecule has 4 heteroatoms. The van der Waals surface area contributed by atoms with Crippen molar-refractivity contribution in [1.29, 1.82) is 0 Å². The molecule has 1 saturated carbocycles. The van der Waals surface area contributed by atoms with Gasteiger partial charge in [-0.1, -0.05) is 12.8 Å². The molecule has 2 saturated heterocycles. The monoisotopic (exact) mass is 251 g/mol. The lowest BCUT2D eigenvalue weighted by atomic mass is 9.83. The van der Waals surface area contributed by atoms with Crippen LogP contribution in [0.25, 0.3) is 0 Å². The maximum absolute atomic E-state index is 12.8. The van der Waals surface area contributed by atoms with Crippen LogP contribution in [0, 0.1) is 5.92 Å². The van der Waals surface area contributed by atoms with Gasteiger partial charge >= 0.3 is 0 Å². The van der Waals surface area contributed by atoms with Gasteiger partial charge in [0, 0.05) is 25.6 Å². The van der Waals surface area contributed by atoms with Gasteiger partial charge in [0.25, 0.3) is 0 Å². The van der Waals surface area contributed by atoms with Crippen molar-refractivity contribution < 1.29 is 4.79 Å². The van der Waals surface area contributed by atoms with Crippen molar-refractivity contribution in [2.75, 3.05) is 32.7 Å². The molecule has 18 heavy (non-hydrogen) atoms. The number of amides is 1. The molecule has 2 aliphatic heterocycles. The van der Waals surface area contributed by atoms with E-state index in [9.17, 15) is 4.79 Å². The van der Waals surface area contributed by atoms with Crippen molar-refractivity contribution in [3.05, 3.63) is 0 Å². The number of nitrogens with zero attached hydrogens (tertiary/aromatic N) is 1. The molecule has 0 aromatic heterocycles. The lowest BCUT2D eigenvalue weighted by Gasteiger charge is -2.50. The molecule has 3 rings (SSSR count). The number of nitrogens with one attached hydrogen (secondary N) is 2. The number of rotatable bonds is 1. The van der Waals surface area contributed by atoms with E-state index in [1.165, 1.54) is 12.8 Å². The van der Waals surface area contributed by atoms with Gasteiger partial charge < -0.3 is 15.5 Å². The van der Waals surface area contributed by atoms with Crippen molar-refractivity contribution in [2.24, 2.45) is 5.92 Å². The van der Waals surface area contributed by atoms with Crippen LogP contribution >= 0.6 is 0 Å². The average Bonchev–Trinajstić information content (AvgIpc) is 2.93. The largest absolute Gasteiger partial charge is 0.334 e. The van der Waals surface area contributed by atoms with E-state index in [1.807, 2.05) is 0 Å². The van der Waals surface area contributed by atoms with E-state index in [2.05, 4.69) is 15.5 Å². The van der Waals surface area contributed by atoms with Crippen molar-refractivity contribution in [3.63, 3.8) is 0 Å². The van der Waals surface area contributed by atoms with Gasteiger partial charge in [-0.05, 0) is 38.8 Å². The van der Waals surface area contributed by atoms with Crippen molar-refractivity contribution in [1.82, 2.24) is 15.5 Å². The van der Waals surface area contributed by atoms with Crippen LogP contribution < -0.4 is 10.6 Å². The molecule has 102 valence electrons. The third-order valence-electron chi connectivity index (χ3n) is 5.04. The molecule has 0 aromatic rings. The van der Waals surface area contributed by atoms with E-state index in [1.54, 1.807) is 0 Å². The summed E-state index contributed by atoms with van der Waals surface area (Å²) in [5.74, 6) is 0.783. The zero-order chi connectivity index (χ0) is 12.4. The third kappa shape index (κ3) is 2.16. The SMILES string of the molecule is O=C(C1CCCC1)N1CCNCC12CCNCC2. The molecule has 0 unspecified atom stereocenters. The van der Waals surface area contributed by atoms with Crippen molar-refractivity contribution >= 4 is 5.91 Å². The normalized spacial score (nSPS) is 28.8. The summed E-state index contributed by atoms with van der Waals surface area (Å²) >= 11 is 0. The van der Waals surface area contributed by atoms with E-state index in [0.717, 1.165) is 58.4 Å². The van der Waals surface area contributed by atoms with Crippen molar-refractivity contribution in [3.8, 4) is 0 Å². The molecular formula is C14H25N3O. The minimum atomic E-state index is 0.114. The fourth-order valence-electron chi connectivity index (χ4n) is 3.92. The zero-order valence-electron chi connectivity index (χ0n) is 11.2. The molecule has 3 fully saturated rings. The smallest absolute Gasteiger partial charge is 0.226 e. The molecule has 1 spiro atoms. The fraction of sp³-hybridized carbons (Fsp3) is 0.929. The van der Waals surface area contributed by atoms with Gasteiger partial charge in [0.2, 0.25) is 5.91 Å². The molecule has 0 aromatic carbocycles. The van der Waals surface area contributed by atoms with Crippen LogP contribution in [0.4, 0.5) is 0 Å². The third-order valence-corrected chi connectivity index (χ3v) is 5.04. The Kier molecular flexibility index (Phi) is 3.57. The van der Waals surface area contributed by atoms with E-state index >= 15 is 0 Å². The van der Waals surface area contributed by atoms with E-state index in [0.29, 0.717) is 11.8 Å². The molecule has 1 amide bonds. The highest BCUT2D eigenvalue weighted by atomic mass is 16.2. The second kappa shape index (κ2) is 5.17. The first-order valence-electron chi connectivity index (χ1n) is 7.55. The topological polar surface area (TPSA) is 44.4 Å². The van der Waals surface area contributed by atoms with E-state index in [4.69, 9.17) is 0 Å². The molecule has 4 nitrogen and oxygen atoms in total. The Bertz CT molecular complexity index is 298. The molecular weight excluding hydrogens is 226 g/mol. The van der Waals surface area contributed by atoms with Gasteiger partial charge in [0.15, 0.2) is 0 Å². The molecule has 0 atom stereocenters. The van der Waals surface area contributed by atoms with Crippen LogP contribution in [0.1, 0.15) is 38.5 Å². The Morgan fingerprint density at radius 1 is 1.06 bits per heavy atom. The summed E-state index contributed by atoms with van der Waals surface area (Å²) in [5, 5.41) is 6.92. The molecule has 1 aliphatic carbocycles. The zero-order valence-corrected chi connectivity index (χ0v) is 11.2. The number of carbonyl (C=O) groups is 1. The number of piperazine rings is 1. The average molecular weight is 251 g/mol. The maximum atomic E-state index is 12.8. The lowest BCUT2D eigenvalue weighted by molar-refractivity contribution is -0.144. The molecule has 2 heterocycles. The Balaban J connectivity index is 1.76. The highest BCUT2D eigenvalue weighted by Crippen LogP contribution is 2.33.